The Morgan fingerprint density at radius 1 is 1.20 bits per heavy atom. The lowest BCUT2D eigenvalue weighted by Gasteiger charge is -2.28. The van der Waals surface area contributed by atoms with Crippen LogP contribution in [0.25, 0.3) is 0 Å². The van der Waals surface area contributed by atoms with E-state index < -0.39 is 0 Å². The predicted molar refractivity (Wildman–Crippen MR) is 103 cm³/mol. The van der Waals surface area contributed by atoms with Crippen LogP contribution in [0.4, 0.5) is 11.4 Å². The fourth-order valence-corrected chi connectivity index (χ4v) is 3.63. The van der Waals surface area contributed by atoms with Gasteiger partial charge in [-0.05, 0) is 56.5 Å². The topological polar surface area (TPSA) is 61.4 Å². The van der Waals surface area contributed by atoms with Gasteiger partial charge in [-0.2, -0.15) is 0 Å². The van der Waals surface area contributed by atoms with Gasteiger partial charge in [0.1, 0.15) is 0 Å². The predicted octanol–water partition coefficient (Wildman–Crippen LogP) is 3.73. The van der Waals surface area contributed by atoms with Crippen LogP contribution in [0.5, 0.6) is 0 Å². The number of hydrogen-bond donors (Lipinski definition) is 2. The summed E-state index contributed by atoms with van der Waals surface area (Å²) in [4.78, 5) is 25.4. The van der Waals surface area contributed by atoms with Crippen molar-refractivity contribution < 1.29 is 9.59 Å². The van der Waals surface area contributed by atoms with E-state index in [9.17, 15) is 9.59 Å². The van der Waals surface area contributed by atoms with Crippen LogP contribution in [0, 0.1) is 11.8 Å². The third-order valence-corrected chi connectivity index (χ3v) is 4.84. The number of hydrogen-bond acceptors (Lipinski definition) is 3. The molecule has 138 valence electrons. The summed E-state index contributed by atoms with van der Waals surface area (Å²) in [6.45, 7) is 5.15. The van der Waals surface area contributed by atoms with Crippen molar-refractivity contribution in [3.8, 4) is 0 Å². The Hall–Kier alpha value is -1.88. The van der Waals surface area contributed by atoms with Gasteiger partial charge >= 0.3 is 0 Å². The first-order valence-corrected chi connectivity index (χ1v) is 9.28. The lowest BCUT2D eigenvalue weighted by Crippen LogP contribution is -2.32. The molecule has 25 heavy (non-hydrogen) atoms. The van der Waals surface area contributed by atoms with Crippen molar-refractivity contribution in [3.05, 3.63) is 24.3 Å². The Morgan fingerprint density at radius 3 is 2.60 bits per heavy atom. The molecule has 0 saturated heterocycles. The molecule has 5 heteroatoms. The summed E-state index contributed by atoms with van der Waals surface area (Å²) in [6.07, 6.45) is 6.55. The highest BCUT2D eigenvalue weighted by molar-refractivity contribution is 5.94. The highest BCUT2D eigenvalue weighted by atomic mass is 16.2. The Kier molecular flexibility index (Phi) is 7.44. The summed E-state index contributed by atoms with van der Waals surface area (Å²) in [5, 5.41) is 5.62. The van der Waals surface area contributed by atoms with E-state index in [0.717, 1.165) is 18.4 Å². The van der Waals surface area contributed by atoms with E-state index in [1.807, 2.05) is 19.2 Å². The maximum absolute atomic E-state index is 12.2. The first kappa shape index (κ1) is 19.4. The molecule has 0 unspecified atom stereocenters. The standard InChI is InChI=1S/C20H31N3O2/c1-15-6-4-7-17(12-15)10-11-23(3)14-20(25)22-19-9-5-8-18(13-19)21-16(2)24/h5,8-9,13,15,17H,4,6-7,10-12,14H2,1-3H3,(H,21,24)(H,22,25)/t15-,17-/m1/s1. The Labute approximate surface area is 151 Å². The molecule has 1 aliphatic rings. The average Bonchev–Trinajstić information content (AvgIpc) is 2.52. The first-order chi connectivity index (χ1) is 11.9. The zero-order valence-electron chi connectivity index (χ0n) is 15.7. The number of benzene rings is 1. The van der Waals surface area contributed by atoms with E-state index >= 15 is 0 Å². The van der Waals surface area contributed by atoms with Gasteiger partial charge in [-0.3, -0.25) is 14.5 Å². The van der Waals surface area contributed by atoms with Crippen molar-refractivity contribution in [1.29, 1.82) is 0 Å². The van der Waals surface area contributed by atoms with Crippen molar-refractivity contribution >= 4 is 23.2 Å². The fraction of sp³-hybridized carbons (Fsp3) is 0.600. The van der Waals surface area contributed by atoms with Gasteiger partial charge in [-0.25, -0.2) is 0 Å². The lowest BCUT2D eigenvalue weighted by atomic mass is 9.81. The van der Waals surface area contributed by atoms with Crippen LogP contribution in [-0.2, 0) is 9.59 Å². The maximum atomic E-state index is 12.2. The van der Waals surface area contributed by atoms with Gasteiger partial charge in [-0.1, -0.05) is 32.3 Å². The molecule has 2 N–H and O–H groups in total. The van der Waals surface area contributed by atoms with E-state index in [-0.39, 0.29) is 11.8 Å². The number of amides is 2. The molecule has 0 aliphatic heterocycles. The van der Waals surface area contributed by atoms with E-state index in [2.05, 4.69) is 22.5 Å². The minimum atomic E-state index is -0.125. The SMILES string of the molecule is CC(=O)Nc1cccc(NC(=O)CN(C)CC[C@H]2CCC[C@@H](C)C2)c1. The highest BCUT2D eigenvalue weighted by Crippen LogP contribution is 2.30. The van der Waals surface area contributed by atoms with Crippen LogP contribution in [0.1, 0.15) is 46.0 Å². The first-order valence-electron chi connectivity index (χ1n) is 9.28. The number of carbonyl (C=O) groups is 2. The maximum Gasteiger partial charge on any atom is 0.238 e. The van der Waals surface area contributed by atoms with Gasteiger partial charge in [0.15, 0.2) is 0 Å². The lowest BCUT2D eigenvalue weighted by molar-refractivity contribution is -0.117. The zero-order chi connectivity index (χ0) is 18.2. The quantitative estimate of drug-likeness (QED) is 0.791. The molecule has 1 aromatic rings. The molecular formula is C20H31N3O2. The molecule has 1 aromatic carbocycles. The summed E-state index contributed by atoms with van der Waals surface area (Å²) in [5.41, 5.74) is 1.39. The molecule has 2 rings (SSSR count). The Morgan fingerprint density at radius 2 is 1.92 bits per heavy atom. The molecule has 1 fully saturated rings. The van der Waals surface area contributed by atoms with Gasteiger partial charge in [0.05, 0.1) is 6.54 Å². The van der Waals surface area contributed by atoms with Crippen LogP contribution in [-0.4, -0.2) is 36.9 Å². The highest BCUT2D eigenvalue weighted by Gasteiger charge is 2.19. The van der Waals surface area contributed by atoms with Crippen LogP contribution in [0.3, 0.4) is 0 Å². The smallest absolute Gasteiger partial charge is 0.238 e. The van der Waals surface area contributed by atoms with E-state index in [1.54, 1.807) is 12.1 Å². The van der Waals surface area contributed by atoms with Crippen LogP contribution in [0.2, 0.25) is 0 Å². The van der Waals surface area contributed by atoms with Crippen LogP contribution < -0.4 is 10.6 Å². The van der Waals surface area contributed by atoms with Crippen LogP contribution in [0.15, 0.2) is 24.3 Å². The van der Waals surface area contributed by atoms with E-state index in [0.29, 0.717) is 17.9 Å². The molecule has 0 aromatic heterocycles. The molecule has 1 saturated carbocycles. The molecule has 2 amide bonds. The number of nitrogens with zero attached hydrogens (tertiary/aromatic N) is 1. The fourth-order valence-electron chi connectivity index (χ4n) is 3.63. The molecule has 1 aliphatic carbocycles. The monoisotopic (exact) mass is 345 g/mol. The largest absolute Gasteiger partial charge is 0.326 e. The minimum absolute atomic E-state index is 0.0283. The van der Waals surface area contributed by atoms with Crippen LogP contribution >= 0.6 is 0 Å². The molecule has 0 bridgehead atoms. The van der Waals surface area contributed by atoms with Gasteiger partial charge in [0.2, 0.25) is 11.8 Å². The number of anilines is 2. The summed E-state index contributed by atoms with van der Waals surface area (Å²) in [5.74, 6) is 1.51. The van der Waals surface area contributed by atoms with Crippen molar-refractivity contribution in [1.82, 2.24) is 4.90 Å². The molecular weight excluding hydrogens is 314 g/mol. The molecule has 2 atom stereocenters. The number of likely N-dealkylation sites (N-methyl/N-ethyl adjacent to an activating group) is 1. The van der Waals surface area contributed by atoms with Crippen molar-refractivity contribution in [2.75, 3.05) is 30.8 Å². The molecule has 0 heterocycles. The average molecular weight is 345 g/mol. The van der Waals surface area contributed by atoms with Crippen molar-refractivity contribution in [2.45, 2.75) is 46.0 Å². The minimum Gasteiger partial charge on any atom is -0.326 e. The van der Waals surface area contributed by atoms with Crippen molar-refractivity contribution in [2.24, 2.45) is 11.8 Å². The molecule has 0 spiro atoms. The Balaban J connectivity index is 1.74. The second kappa shape index (κ2) is 9.56. The molecule has 0 radical (unpaired) electrons. The number of nitrogens with one attached hydrogen (secondary N) is 2. The normalized spacial score (nSPS) is 20.3. The van der Waals surface area contributed by atoms with E-state index in [1.165, 1.54) is 39.0 Å². The summed E-state index contributed by atoms with van der Waals surface area (Å²) >= 11 is 0. The molecule has 5 nitrogen and oxygen atoms in total. The van der Waals surface area contributed by atoms with Gasteiger partial charge in [0.25, 0.3) is 0 Å². The second-order valence-corrected chi connectivity index (χ2v) is 7.47. The third kappa shape index (κ3) is 7.26. The number of rotatable bonds is 7. The second-order valence-electron chi connectivity index (χ2n) is 7.47. The van der Waals surface area contributed by atoms with E-state index in [4.69, 9.17) is 0 Å². The van der Waals surface area contributed by atoms with Gasteiger partial charge in [0, 0.05) is 18.3 Å². The third-order valence-electron chi connectivity index (χ3n) is 4.84. The number of carbonyl (C=O) groups excluding carboxylic acids is 2. The van der Waals surface area contributed by atoms with Gasteiger partial charge in [-0.15, -0.1) is 0 Å². The summed E-state index contributed by atoms with van der Waals surface area (Å²) < 4.78 is 0. The van der Waals surface area contributed by atoms with Gasteiger partial charge < -0.3 is 10.6 Å². The summed E-state index contributed by atoms with van der Waals surface area (Å²) in [7, 11) is 2.00. The van der Waals surface area contributed by atoms with Crippen molar-refractivity contribution in [3.63, 3.8) is 0 Å². The zero-order valence-corrected chi connectivity index (χ0v) is 15.7. The summed E-state index contributed by atoms with van der Waals surface area (Å²) in [6, 6.07) is 7.21. The Bertz CT molecular complexity index is 588.